The molecule has 0 radical (unpaired) electrons. The highest BCUT2D eigenvalue weighted by atomic mass is 16.8. The Balaban J connectivity index is 1.31. The molecule has 0 aromatic rings. The van der Waals surface area contributed by atoms with Crippen LogP contribution < -0.4 is 5.32 Å². The first-order chi connectivity index (χ1) is 54.8. The highest BCUT2D eigenvalue weighted by molar-refractivity contribution is 5.76. The van der Waals surface area contributed by atoms with E-state index in [1.165, 1.54) is 244 Å². The molecule has 0 saturated carbocycles. The molecule has 3 rings (SSSR count). The third kappa shape index (κ3) is 49.8. The molecule has 3 fully saturated rings. The Morgan fingerprint density at radius 2 is 0.625 bits per heavy atom. The highest BCUT2D eigenvalue weighted by Crippen LogP contribution is 2.34. The first kappa shape index (κ1) is 103. The monoisotopic (exact) mass is 1580 g/mol. The lowest BCUT2D eigenvalue weighted by Gasteiger charge is -2.48. The first-order valence-electron chi connectivity index (χ1n) is 45.5. The molecule has 17 unspecified atom stereocenters. The maximum Gasteiger partial charge on any atom is 0.220 e. The van der Waals surface area contributed by atoms with E-state index < -0.39 is 124 Å². The number of ether oxygens (including phenoxy) is 6. The normalized spacial score (nSPS) is 25.4. The van der Waals surface area contributed by atoms with Crippen molar-refractivity contribution in [1.82, 2.24) is 5.32 Å². The number of hydrogen-bond acceptors (Lipinski definition) is 18. The Kier molecular flexibility index (Phi) is 66.0. The number of aliphatic hydroxyl groups is 11. The molecule has 0 spiro atoms. The minimum atomic E-state index is -1.98. The highest BCUT2D eigenvalue weighted by Gasteiger charge is 2.54. The molecule has 112 heavy (non-hydrogen) atoms. The fourth-order valence-corrected chi connectivity index (χ4v) is 14.9. The van der Waals surface area contributed by atoms with Gasteiger partial charge in [-0.15, -0.1) is 0 Å². The second-order valence-corrected chi connectivity index (χ2v) is 32.0. The van der Waals surface area contributed by atoms with Gasteiger partial charge in [-0.1, -0.05) is 361 Å². The van der Waals surface area contributed by atoms with Crippen LogP contribution >= 0.6 is 0 Å². The summed E-state index contributed by atoms with van der Waals surface area (Å²) in [4.78, 5) is 13.5. The summed E-state index contributed by atoms with van der Waals surface area (Å²) in [5, 5.41) is 121. The Bertz CT molecular complexity index is 2400. The maximum absolute atomic E-state index is 13.5. The molecule has 1 amide bonds. The van der Waals surface area contributed by atoms with Crippen molar-refractivity contribution in [2.45, 2.75) is 458 Å². The van der Waals surface area contributed by atoms with Crippen LogP contribution in [0, 0.1) is 0 Å². The van der Waals surface area contributed by atoms with Crippen molar-refractivity contribution in [1.29, 1.82) is 0 Å². The molecule has 19 nitrogen and oxygen atoms in total. The number of unbranched alkanes of at least 4 members (excludes halogenated alkanes) is 43. The summed E-state index contributed by atoms with van der Waals surface area (Å²) in [5.74, 6) is -0.281. The zero-order chi connectivity index (χ0) is 81.0. The van der Waals surface area contributed by atoms with Gasteiger partial charge in [0.1, 0.15) is 73.2 Å². The molecule has 0 aliphatic carbocycles. The van der Waals surface area contributed by atoms with Crippen LogP contribution in [0.3, 0.4) is 0 Å². The van der Waals surface area contributed by atoms with E-state index in [0.29, 0.717) is 12.8 Å². The number of aliphatic hydroxyl groups excluding tert-OH is 11. The Morgan fingerprint density at radius 1 is 0.330 bits per heavy atom. The van der Waals surface area contributed by atoms with Crippen molar-refractivity contribution in [3.8, 4) is 0 Å². The minimum Gasteiger partial charge on any atom is -0.394 e. The Labute approximate surface area is 679 Å². The minimum absolute atomic E-state index is 0.236. The van der Waals surface area contributed by atoms with Crippen LogP contribution in [-0.4, -0.2) is 193 Å². The van der Waals surface area contributed by atoms with E-state index in [9.17, 15) is 61.0 Å². The van der Waals surface area contributed by atoms with Crippen LogP contribution in [-0.2, 0) is 33.2 Å². The standard InChI is InChI=1S/C93H165NO18/c1-3-5-7-9-11-13-15-17-19-21-23-25-27-29-31-32-33-34-35-36-37-38-39-40-41-42-43-44-45-47-49-51-53-55-57-59-61-63-65-67-69-71-81(99)94-76(77(98)70-68-66-64-62-60-58-56-54-52-50-48-46-30-28-26-24-22-20-18-16-14-12-10-8-6-4-2)75-107-91-87(105)84(102)89(79(73-96)109-91)112-93-88(106)85(103)90(80(74-97)110-93)111-92-86(104)83(101)82(100)78(72-95)108-92/h5,7,11,13,17,19,23,25,29,31,33-34,60,62,68,70,76-80,82-93,95-98,100-106H,3-4,6,8-10,12,14-16,18,20-22,24,26-28,30,32,35-59,61,63-67,69,71-75H2,1-2H3,(H,94,99)/b7-5-,13-11-,19-17-,25-23-,31-29-,34-33-,62-60+,70-68+. The summed E-state index contributed by atoms with van der Waals surface area (Å²) in [6.45, 7) is 1.65. The number of nitrogens with one attached hydrogen (secondary N) is 1. The molecule has 19 heteroatoms. The van der Waals surface area contributed by atoms with Crippen molar-refractivity contribution in [2.75, 3.05) is 26.4 Å². The molecule has 3 aliphatic rings. The van der Waals surface area contributed by atoms with Gasteiger partial charge in [-0.05, 0) is 83.5 Å². The number of rotatable bonds is 73. The summed E-state index contributed by atoms with van der Waals surface area (Å²) in [6, 6.07) is -0.994. The van der Waals surface area contributed by atoms with Crippen LogP contribution in [0.2, 0.25) is 0 Å². The number of allylic oxidation sites excluding steroid dienone is 15. The van der Waals surface area contributed by atoms with E-state index in [1.54, 1.807) is 6.08 Å². The molecule has 0 aromatic carbocycles. The summed E-state index contributed by atoms with van der Waals surface area (Å²) in [5.41, 5.74) is 0. The molecule has 3 aliphatic heterocycles. The molecule has 17 atom stereocenters. The van der Waals surface area contributed by atoms with Crippen LogP contribution in [0.5, 0.6) is 0 Å². The van der Waals surface area contributed by atoms with E-state index in [-0.39, 0.29) is 18.9 Å². The van der Waals surface area contributed by atoms with Gasteiger partial charge in [0.05, 0.1) is 38.6 Å². The van der Waals surface area contributed by atoms with Crippen LogP contribution in [0.25, 0.3) is 0 Å². The van der Waals surface area contributed by atoms with Crippen LogP contribution in [0.15, 0.2) is 97.2 Å². The second-order valence-electron chi connectivity index (χ2n) is 32.0. The predicted octanol–water partition coefficient (Wildman–Crippen LogP) is 17.5. The third-order valence-corrected chi connectivity index (χ3v) is 22.1. The molecular weight excluding hydrogens is 1420 g/mol. The third-order valence-electron chi connectivity index (χ3n) is 22.1. The van der Waals surface area contributed by atoms with Gasteiger partial charge in [-0.3, -0.25) is 4.79 Å². The molecule has 0 aromatic heterocycles. The van der Waals surface area contributed by atoms with Gasteiger partial charge in [-0.25, -0.2) is 0 Å². The molecule has 3 heterocycles. The smallest absolute Gasteiger partial charge is 0.220 e. The average molecular weight is 1590 g/mol. The second kappa shape index (κ2) is 71.8. The van der Waals surface area contributed by atoms with E-state index in [0.717, 1.165) is 77.0 Å². The number of carbonyl (C=O) groups excluding carboxylic acids is 1. The van der Waals surface area contributed by atoms with Gasteiger partial charge < -0.3 is 89.9 Å². The molecule has 12 N–H and O–H groups in total. The summed E-state index contributed by atoms with van der Waals surface area (Å²) in [6.07, 6.45) is 72.8. The van der Waals surface area contributed by atoms with E-state index in [4.69, 9.17) is 28.4 Å². The van der Waals surface area contributed by atoms with Gasteiger partial charge in [0, 0.05) is 6.42 Å². The van der Waals surface area contributed by atoms with E-state index in [1.807, 2.05) is 6.08 Å². The van der Waals surface area contributed by atoms with Crippen molar-refractivity contribution < 1.29 is 89.4 Å². The van der Waals surface area contributed by atoms with Gasteiger partial charge in [0.25, 0.3) is 0 Å². The van der Waals surface area contributed by atoms with Crippen molar-refractivity contribution >= 4 is 5.91 Å². The van der Waals surface area contributed by atoms with Gasteiger partial charge in [0.15, 0.2) is 18.9 Å². The Hall–Kier alpha value is -3.29. The lowest BCUT2D eigenvalue weighted by atomic mass is 9.96. The molecule has 0 bridgehead atoms. The van der Waals surface area contributed by atoms with Crippen molar-refractivity contribution in [3.05, 3.63) is 97.2 Å². The topological polar surface area (TPSA) is 307 Å². The fraction of sp³-hybridized carbons (Fsp3) is 0.817. The fourth-order valence-electron chi connectivity index (χ4n) is 14.9. The number of amides is 1. The Morgan fingerprint density at radius 3 is 1.00 bits per heavy atom. The van der Waals surface area contributed by atoms with Gasteiger partial charge >= 0.3 is 0 Å². The molecule has 3 saturated heterocycles. The van der Waals surface area contributed by atoms with Crippen LogP contribution in [0.1, 0.15) is 354 Å². The zero-order valence-electron chi connectivity index (χ0n) is 70.1. The SMILES string of the molecule is CC/C=C\C/C=C\C/C=C\C/C=C\C/C=C\C/C=C\CCCCCCCCCCCCCCCCCCCCCCCCC(=O)NC(COC1OC(CO)C(OC2OC(CO)C(OC3OC(CO)C(O)C(O)C3O)C(O)C2O)C(O)C1O)C(O)/C=C/CC/C=C/CCCCCCCCCCCCCCCCCCCCCC. The molecular formula is C93H165NO18. The van der Waals surface area contributed by atoms with Crippen molar-refractivity contribution in [2.24, 2.45) is 0 Å². The van der Waals surface area contributed by atoms with Gasteiger partial charge in [0.2, 0.25) is 5.91 Å². The van der Waals surface area contributed by atoms with Crippen LogP contribution in [0.4, 0.5) is 0 Å². The largest absolute Gasteiger partial charge is 0.394 e. The zero-order valence-corrected chi connectivity index (χ0v) is 70.1. The lowest BCUT2D eigenvalue weighted by Crippen LogP contribution is -2.66. The first-order valence-corrected chi connectivity index (χ1v) is 45.5. The average Bonchev–Trinajstić information content (AvgIpc) is 0.781. The quantitative estimate of drug-likeness (QED) is 0.0199. The predicted molar refractivity (Wildman–Crippen MR) is 452 cm³/mol. The number of hydrogen-bond donors (Lipinski definition) is 12. The van der Waals surface area contributed by atoms with Gasteiger partial charge in [-0.2, -0.15) is 0 Å². The molecule has 650 valence electrons. The summed E-state index contributed by atoms with van der Waals surface area (Å²) >= 11 is 0. The van der Waals surface area contributed by atoms with E-state index >= 15 is 0 Å². The summed E-state index contributed by atoms with van der Waals surface area (Å²) in [7, 11) is 0. The lowest BCUT2D eigenvalue weighted by molar-refractivity contribution is -0.379. The van der Waals surface area contributed by atoms with Crippen molar-refractivity contribution in [3.63, 3.8) is 0 Å². The number of carbonyl (C=O) groups is 1. The maximum atomic E-state index is 13.5. The summed E-state index contributed by atoms with van der Waals surface area (Å²) < 4.78 is 34.5. The van der Waals surface area contributed by atoms with E-state index in [2.05, 4.69) is 104 Å².